The lowest BCUT2D eigenvalue weighted by Crippen LogP contribution is -1.56. The van der Waals surface area contributed by atoms with Gasteiger partial charge in [0.1, 0.15) is 0 Å². The van der Waals surface area contributed by atoms with E-state index < -0.39 is 0 Å². The third-order valence-electron chi connectivity index (χ3n) is 1.36. The summed E-state index contributed by atoms with van der Waals surface area (Å²) in [7, 11) is 0. The summed E-state index contributed by atoms with van der Waals surface area (Å²) >= 11 is 1.79. The molecule has 1 heterocycles. The molecule has 0 bridgehead atoms. The van der Waals surface area contributed by atoms with Crippen LogP contribution in [0.4, 0.5) is 0 Å². The molecule has 2 radical (unpaired) electrons. The highest BCUT2D eigenvalue weighted by atomic mass is 32.1. The van der Waals surface area contributed by atoms with Crippen molar-refractivity contribution in [3.05, 3.63) is 35.7 Å². The number of hydrogen-bond acceptors (Lipinski definition) is 1. The molecule has 0 aliphatic heterocycles. The molecule has 1 aromatic heterocycles. The lowest BCUT2D eigenvalue weighted by Gasteiger charge is -1.82. The highest BCUT2D eigenvalue weighted by Crippen LogP contribution is 2.18. The molecule has 0 spiro atoms. The Bertz CT molecular complexity index is 281. The zero-order valence-electron chi connectivity index (χ0n) is 5.28. The van der Waals surface area contributed by atoms with E-state index in [-0.39, 0.29) is 13.5 Å². The second-order valence-electron chi connectivity index (χ2n) is 1.96. The second kappa shape index (κ2) is 3.08. The van der Waals surface area contributed by atoms with E-state index in [1.807, 2.05) is 0 Å². The summed E-state index contributed by atoms with van der Waals surface area (Å²) in [4.78, 5) is 0. The van der Waals surface area contributed by atoms with Crippen molar-refractivity contribution in [2.75, 3.05) is 0 Å². The van der Waals surface area contributed by atoms with Crippen molar-refractivity contribution in [3.8, 4) is 0 Å². The number of benzene rings is 1. The number of thiophene rings is 1. The molecular formula is C8H6S2. The van der Waals surface area contributed by atoms with E-state index in [4.69, 9.17) is 0 Å². The maximum atomic E-state index is 2.14. The summed E-state index contributed by atoms with van der Waals surface area (Å²) in [5, 5.41) is 3.47. The van der Waals surface area contributed by atoms with Gasteiger partial charge in [-0.25, -0.2) is 0 Å². The van der Waals surface area contributed by atoms with Gasteiger partial charge in [-0.3, -0.25) is 0 Å². The van der Waals surface area contributed by atoms with Crippen LogP contribution >= 0.6 is 24.8 Å². The van der Waals surface area contributed by atoms with Crippen LogP contribution in [-0.2, 0) is 0 Å². The van der Waals surface area contributed by atoms with Crippen LogP contribution in [0.1, 0.15) is 0 Å². The van der Waals surface area contributed by atoms with E-state index in [0.29, 0.717) is 0 Å². The monoisotopic (exact) mass is 166 g/mol. The first kappa shape index (κ1) is 7.63. The summed E-state index contributed by atoms with van der Waals surface area (Å²) in [6.07, 6.45) is 0. The molecule has 0 saturated heterocycles. The Balaban J connectivity index is 0.000000500. The highest BCUT2D eigenvalue weighted by molar-refractivity contribution is 7.59. The van der Waals surface area contributed by atoms with Crippen LogP contribution in [0.25, 0.3) is 10.1 Å². The average molecular weight is 166 g/mol. The predicted octanol–water partition coefficient (Wildman–Crippen LogP) is 3.55. The fraction of sp³-hybridized carbons (Fsp3) is 0. The lowest BCUT2D eigenvalue weighted by molar-refractivity contribution is 1.86. The molecule has 2 heteroatoms. The molecule has 50 valence electrons. The predicted molar refractivity (Wildman–Crippen MR) is 49.4 cm³/mol. The maximum Gasteiger partial charge on any atom is 0.0342 e. The fourth-order valence-electron chi connectivity index (χ4n) is 0.906. The Morgan fingerprint density at radius 2 is 1.80 bits per heavy atom. The number of fused-ring (bicyclic) bond motifs is 1. The van der Waals surface area contributed by atoms with Crippen molar-refractivity contribution in [3.63, 3.8) is 0 Å². The largest absolute Gasteiger partial charge is 0.144 e. The standard InChI is InChI=1S/C8H6S.S/c1-2-4-8-7(3-1)5-6-9-8;/h1-6H;. The van der Waals surface area contributed by atoms with Crippen LogP contribution in [0, 0.1) is 0 Å². The zero-order chi connectivity index (χ0) is 6.10. The van der Waals surface area contributed by atoms with Gasteiger partial charge in [-0.1, -0.05) is 18.2 Å². The minimum Gasteiger partial charge on any atom is -0.144 e. The third-order valence-corrected chi connectivity index (χ3v) is 2.26. The molecule has 0 nitrogen and oxygen atoms in total. The van der Waals surface area contributed by atoms with Crippen LogP contribution in [-0.4, -0.2) is 0 Å². The lowest BCUT2D eigenvalue weighted by atomic mass is 10.3. The van der Waals surface area contributed by atoms with Crippen molar-refractivity contribution in [1.29, 1.82) is 0 Å². The van der Waals surface area contributed by atoms with Gasteiger partial charge >= 0.3 is 0 Å². The second-order valence-corrected chi connectivity index (χ2v) is 2.91. The minimum absolute atomic E-state index is 0. The van der Waals surface area contributed by atoms with Gasteiger partial charge in [-0.05, 0) is 22.9 Å². The summed E-state index contributed by atoms with van der Waals surface area (Å²) in [6, 6.07) is 10.5. The molecule has 0 saturated carbocycles. The molecule has 2 aromatic rings. The molecule has 0 fully saturated rings. The summed E-state index contributed by atoms with van der Waals surface area (Å²) < 4.78 is 1.37. The third kappa shape index (κ3) is 1.18. The van der Waals surface area contributed by atoms with Crippen molar-refractivity contribution in [2.45, 2.75) is 0 Å². The Kier molecular flexibility index (Phi) is 2.35. The van der Waals surface area contributed by atoms with Crippen molar-refractivity contribution < 1.29 is 0 Å². The molecule has 0 N–H and O–H groups in total. The summed E-state index contributed by atoms with van der Waals surface area (Å²) in [6.45, 7) is 0. The van der Waals surface area contributed by atoms with Crippen molar-refractivity contribution in [1.82, 2.24) is 0 Å². The van der Waals surface area contributed by atoms with Crippen LogP contribution in [0.3, 0.4) is 0 Å². The van der Waals surface area contributed by atoms with Gasteiger partial charge in [0.25, 0.3) is 0 Å². The number of rotatable bonds is 0. The maximum absolute atomic E-state index is 2.14. The van der Waals surface area contributed by atoms with Gasteiger partial charge in [0, 0.05) is 18.2 Å². The van der Waals surface area contributed by atoms with E-state index in [2.05, 4.69) is 35.7 Å². The molecule has 0 aliphatic carbocycles. The Morgan fingerprint density at radius 1 is 1.00 bits per heavy atom. The average Bonchev–Trinajstić information content (AvgIpc) is 2.33. The zero-order valence-corrected chi connectivity index (χ0v) is 6.91. The Hall–Kier alpha value is -0.470. The smallest absolute Gasteiger partial charge is 0.0342 e. The van der Waals surface area contributed by atoms with Crippen molar-refractivity contribution in [2.24, 2.45) is 0 Å². The molecule has 0 amide bonds. The summed E-state index contributed by atoms with van der Waals surface area (Å²) in [5.74, 6) is 0. The van der Waals surface area contributed by atoms with Crippen LogP contribution in [0.5, 0.6) is 0 Å². The normalized spacial score (nSPS) is 9.20. The van der Waals surface area contributed by atoms with E-state index in [9.17, 15) is 0 Å². The van der Waals surface area contributed by atoms with Gasteiger partial charge in [0.05, 0.1) is 0 Å². The Labute approximate surface area is 70.9 Å². The van der Waals surface area contributed by atoms with Crippen molar-refractivity contribution >= 4 is 34.9 Å². The highest BCUT2D eigenvalue weighted by Gasteiger charge is 1.87. The Morgan fingerprint density at radius 3 is 2.60 bits per heavy atom. The first-order chi connectivity index (χ1) is 4.47. The van der Waals surface area contributed by atoms with Gasteiger partial charge in [0.2, 0.25) is 0 Å². The number of hydrogen-bond donors (Lipinski definition) is 0. The SMILES string of the molecule is [S].c1ccc2sccc2c1. The van der Waals surface area contributed by atoms with Gasteiger partial charge in [0.15, 0.2) is 0 Å². The molecule has 2 rings (SSSR count). The summed E-state index contributed by atoms with van der Waals surface area (Å²) in [5.41, 5.74) is 0. The molecule has 0 atom stereocenters. The van der Waals surface area contributed by atoms with E-state index in [1.165, 1.54) is 10.1 Å². The van der Waals surface area contributed by atoms with Crippen LogP contribution < -0.4 is 0 Å². The van der Waals surface area contributed by atoms with Gasteiger partial charge < -0.3 is 0 Å². The van der Waals surface area contributed by atoms with Crippen LogP contribution in [0.15, 0.2) is 35.7 Å². The van der Waals surface area contributed by atoms with Gasteiger partial charge in [-0.2, -0.15) is 0 Å². The van der Waals surface area contributed by atoms with E-state index in [1.54, 1.807) is 11.3 Å². The first-order valence-electron chi connectivity index (χ1n) is 2.89. The topological polar surface area (TPSA) is 0 Å². The first-order valence-corrected chi connectivity index (χ1v) is 3.77. The van der Waals surface area contributed by atoms with Crippen LogP contribution in [0.2, 0.25) is 0 Å². The molecule has 0 aliphatic rings. The van der Waals surface area contributed by atoms with Gasteiger partial charge in [-0.15, -0.1) is 11.3 Å². The molecule has 0 unspecified atom stereocenters. The quantitative estimate of drug-likeness (QED) is 0.561. The van der Waals surface area contributed by atoms with E-state index >= 15 is 0 Å². The molecular weight excluding hydrogens is 160 g/mol. The van der Waals surface area contributed by atoms with E-state index in [0.717, 1.165) is 0 Å². The molecule has 1 aromatic carbocycles. The fourth-order valence-corrected chi connectivity index (χ4v) is 1.70. The minimum atomic E-state index is 0. The molecule has 10 heavy (non-hydrogen) atoms.